The number of benzene rings is 1. The van der Waals surface area contributed by atoms with Gasteiger partial charge in [0.15, 0.2) is 0 Å². The molecule has 1 aromatic rings. The molecule has 104 valence electrons. The summed E-state index contributed by atoms with van der Waals surface area (Å²) in [7, 11) is 1.13. The Hall–Kier alpha value is -0.710. The minimum Gasteiger partial charge on any atom is -0.377 e. The molecule has 4 unspecified atom stereocenters. The molecule has 1 N–H and O–H groups in total. The molecular formula is C15H21NO2S. The van der Waals surface area contributed by atoms with E-state index in [0.29, 0.717) is 5.75 Å². The third-order valence-electron chi connectivity index (χ3n) is 4.21. The van der Waals surface area contributed by atoms with Gasteiger partial charge in [0, 0.05) is 23.4 Å². The molecule has 1 aromatic carbocycles. The standard InChI is InChI=1S/C15H21NO2S/c1-16-15-13-7-3-2-5-11(13)9-14(15)19(17)10-12-6-4-8-18-12/h2-3,5,7,12,14-16H,4,6,8-10H2,1H3. The minimum absolute atomic E-state index is 0.187. The van der Waals surface area contributed by atoms with Gasteiger partial charge in [-0.2, -0.15) is 0 Å². The zero-order valence-electron chi connectivity index (χ0n) is 11.3. The molecule has 1 aliphatic carbocycles. The Morgan fingerprint density at radius 2 is 2.26 bits per heavy atom. The van der Waals surface area contributed by atoms with Crippen molar-refractivity contribution in [2.75, 3.05) is 19.4 Å². The van der Waals surface area contributed by atoms with Crippen LogP contribution < -0.4 is 5.32 Å². The molecule has 4 atom stereocenters. The van der Waals surface area contributed by atoms with Gasteiger partial charge in [-0.1, -0.05) is 24.3 Å². The summed E-state index contributed by atoms with van der Waals surface area (Å²) in [6, 6.07) is 8.66. The molecule has 1 fully saturated rings. The van der Waals surface area contributed by atoms with Gasteiger partial charge in [0.05, 0.1) is 17.1 Å². The van der Waals surface area contributed by atoms with Gasteiger partial charge < -0.3 is 10.1 Å². The fourth-order valence-corrected chi connectivity index (χ4v) is 5.06. The highest BCUT2D eigenvalue weighted by molar-refractivity contribution is 7.85. The van der Waals surface area contributed by atoms with Gasteiger partial charge in [-0.15, -0.1) is 0 Å². The normalized spacial score (nSPS) is 31.3. The fourth-order valence-electron chi connectivity index (χ4n) is 3.23. The van der Waals surface area contributed by atoms with Crippen molar-refractivity contribution in [3.63, 3.8) is 0 Å². The summed E-state index contributed by atoms with van der Waals surface area (Å²) in [6.07, 6.45) is 3.31. The number of hydrogen-bond acceptors (Lipinski definition) is 3. The average molecular weight is 279 g/mol. The molecule has 4 heteroatoms. The predicted octanol–water partition coefficient (Wildman–Crippen LogP) is 1.80. The average Bonchev–Trinajstić information content (AvgIpc) is 3.04. The Morgan fingerprint density at radius 3 is 3.00 bits per heavy atom. The molecule has 3 nitrogen and oxygen atoms in total. The second-order valence-corrected chi connectivity index (χ2v) is 7.09. The van der Waals surface area contributed by atoms with Crippen LogP contribution in [0.2, 0.25) is 0 Å². The molecule has 1 heterocycles. The second kappa shape index (κ2) is 5.73. The molecule has 0 spiro atoms. The van der Waals surface area contributed by atoms with E-state index in [1.807, 2.05) is 7.05 Å². The van der Waals surface area contributed by atoms with Gasteiger partial charge >= 0.3 is 0 Å². The lowest BCUT2D eigenvalue weighted by molar-refractivity contribution is 0.128. The Bertz CT molecular complexity index is 471. The molecular weight excluding hydrogens is 258 g/mol. The first-order valence-electron chi connectivity index (χ1n) is 7.03. The van der Waals surface area contributed by atoms with Crippen molar-refractivity contribution in [3.05, 3.63) is 35.4 Å². The van der Waals surface area contributed by atoms with Crippen LogP contribution in [0, 0.1) is 0 Å². The van der Waals surface area contributed by atoms with E-state index in [0.717, 1.165) is 25.9 Å². The highest BCUT2D eigenvalue weighted by Crippen LogP contribution is 2.34. The summed E-state index contributed by atoms with van der Waals surface area (Å²) in [5.74, 6) is 0.691. The molecule has 2 aliphatic rings. The summed E-state index contributed by atoms with van der Waals surface area (Å²) in [5, 5.41) is 3.53. The van der Waals surface area contributed by atoms with Crippen LogP contribution in [-0.2, 0) is 22.0 Å². The van der Waals surface area contributed by atoms with E-state index in [1.54, 1.807) is 0 Å². The van der Waals surface area contributed by atoms with Crippen molar-refractivity contribution >= 4 is 10.8 Å². The van der Waals surface area contributed by atoms with Crippen molar-refractivity contribution in [2.45, 2.75) is 36.7 Å². The van der Waals surface area contributed by atoms with Gasteiger partial charge in [-0.05, 0) is 37.4 Å². The molecule has 0 saturated carbocycles. The Labute approximate surface area is 117 Å². The smallest absolute Gasteiger partial charge is 0.0691 e. The summed E-state index contributed by atoms with van der Waals surface area (Å²) >= 11 is 0. The quantitative estimate of drug-likeness (QED) is 0.913. The first kappa shape index (κ1) is 13.3. The lowest BCUT2D eigenvalue weighted by Gasteiger charge is -2.21. The van der Waals surface area contributed by atoms with E-state index in [2.05, 4.69) is 29.6 Å². The topological polar surface area (TPSA) is 38.3 Å². The molecule has 1 saturated heterocycles. The zero-order chi connectivity index (χ0) is 13.2. The SMILES string of the molecule is CNC1c2ccccc2CC1S(=O)CC1CCCO1. The van der Waals surface area contributed by atoms with E-state index >= 15 is 0 Å². The van der Waals surface area contributed by atoms with Gasteiger partial charge in [0.1, 0.15) is 0 Å². The largest absolute Gasteiger partial charge is 0.377 e. The highest BCUT2D eigenvalue weighted by atomic mass is 32.2. The summed E-state index contributed by atoms with van der Waals surface area (Å²) < 4.78 is 18.2. The molecule has 0 aromatic heterocycles. The van der Waals surface area contributed by atoms with Crippen molar-refractivity contribution in [2.24, 2.45) is 0 Å². The van der Waals surface area contributed by atoms with E-state index in [9.17, 15) is 4.21 Å². The van der Waals surface area contributed by atoms with Gasteiger partial charge in [0.25, 0.3) is 0 Å². The van der Waals surface area contributed by atoms with Crippen LogP contribution >= 0.6 is 0 Å². The first-order chi connectivity index (χ1) is 9.29. The molecule has 0 bridgehead atoms. The van der Waals surface area contributed by atoms with Crippen LogP contribution in [0.1, 0.15) is 30.0 Å². The predicted molar refractivity (Wildman–Crippen MR) is 77.7 cm³/mol. The Morgan fingerprint density at radius 1 is 1.42 bits per heavy atom. The van der Waals surface area contributed by atoms with Crippen LogP contribution in [0.25, 0.3) is 0 Å². The summed E-state index contributed by atoms with van der Waals surface area (Å²) in [6.45, 7) is 0.836. The highest BCUT2D eigenvalue weighted by Gasteiger charge is 2.36. The van der Waals surface area contributed by atoms with E-state index < -0.39 is 10.8 Å². The zero-order valence-corrected chi connectivity index (χ0v) is 12.1. The van der Waals surface area contributed by atoms with Crippen LogP contribution in [0.5, 0.6) is 0 Å². The van der Waals surface area contributed by atoms with E-state index in [-0.39, 0.29) is 17.4 Å². The van der Waals surface area contributed by atoms with Gasteiger partial charge in [0.2, 0.25) is 0 Å². The van der Waals surface area contributed by atoms with Gasteiger partial charge in [-0.3, -0.25) is 4.21 Å². The lowest BCUT2D eigenvalue weighted by Crippen LogP contribution is -2.33. The van der Waals surface area contributed by atoms with E-state index in [1.165, 1.54) is 11.1 Å². The van der Waals surface area contributed by atoms with Crippen LogP contribution in [-0.4, -0.2) is 35.0 Å². The number of rotatable bonds is 4. The summed E-state index contributed by atoms with van der Waals surface area (Å²) in [4.78, 5) is 0. The number of fused-ring (bicyclic) bond motifs is 1. The Kier molecular flexibility index (Phi) is 4.01. The Balaban J connectivity index is 1.73. The first-order valence-corrected chi connectivity index (χ1v) is 8.41. The van der Waals surface area contributed by atoms with Crippen LogP contribution in [0.4, 0.5) is 0 Å². The number of ether oxygens (including phenoxy) is 1. The molecule has 0 radical (unpaired) electrons. The third kappa shape index (κ3) is 2.62. The van der Waals surface area contributed by atoms with Crippen LogP contribution in [0.3, 0.4) is 0 Å². The summed E-state index contributed by atoms with van der Waals surface area (Å²) in [5.41, 5.74) is 2.66. The molecule has 1 aliphatic heterocycles. The van der Waals surface area contributed by atoms with Crippen molar-refractivity contribution in [1.82, 2.24) is 5.32 Å². The maximum Gasteiger partial charge on any atom is 0.0691 e. The van der Waals surface area contributed by atoms with Crippen LogP contribution in [0.15, 0.2) is 24.3 Å². The van der Waals surface area contributed by atoms with Crippen molar-refractivity contribution in [1.29, 1.82) is 0 Å². The number of nitrogens with one attached hydrogen (secondary N) is 1. The monoisotopic (exact) mass is 279 g/mol. The van der Waals surface area contributed by atoms with Crippen molar-refractivity contribution in [3.8, 4) is 0 Å². The maximum absolute atomic E-state index is 12.6. The lowest BCUT2D eigenvalue weighted by atomic mass is 10.1. The second-order valence-electron chi connectivity index (χ2n) is 5.39. The fraction of sp³-hybridized carbons (Fsp3) is 0.600. The number of hydrogen-bond donors (Lipinski definition) is 1. The molecule has 3 rings (SSSR count). The van der Waals surface area contributed by atoms with Crippen molar-refractivity contribution < 1.29 is 8.95 Å². The minimum atomic E-state index is -0.829. The van der Waals surface area contributed by atoms with E-state index in [4.69, 9.17) is 4.74 Å². The molecule has 0 amide bonds. The maximum atomic E-state index is 12.6. The third-order valence-corrected chi connectivity index (χ3v) is 6.02. The van der Waals surface area contributed by atoms with Gasteiger partial charge in [-0.25, -0.2) is 0 Å². The molecule has 19 heavy (non-hydrogen) atoms.